The summed E-state index contributed by atoms with van der Waals surface area (Å²) in [6.45, 7) is 14.9. The van der Waals surface area contributed by atoms with Gasteiger partial charge >= 0.3 is 0 Å². The van der Waals surface area contributed by atoms with Gasteiger partial charge in [0, 0.05) is 0 Å². The van der Waals surface area contributed by atoms with Crippen LogP contribution in [0.25, 0.3) is 0 Å². The molecule has 0 radical (unpaired) electrons. The lowest BCUT2D eigenvalue weighted by Crippen LogP contribution is -2.58. The lowest BCUT2D eigenvalue weighted by atomic mass is 9.43. The highest BCUT2D eigenvalue weighted by Crippen LogP contribution is 2.68. The number of aliphatic hydroxyl groups excluding tert-OH is 2. The molecule has 4 fully saturated rings. The van der Waals surface area contributed by atoms with Crippen LogP contribution in [-0.4, -0.2) is 22.4 Å². The third-order valence-electron chi connectivity index (χ3n) is 11.9. The fourth-order valence-corrected chi connectivity index (χ4v) is 9.94. The van der Waals surface area contributed by atoms with Crippen LogP contribution in [0.1, 0.15) is 112 Å². The lowest BCUT2D eigenvalue weighted by Gasteiger charge is -2.62. The Bertz CT molecular complexity index is 616. The van der Waals surface area contributed by atoms with E-state index in [-0.39, 0.29) is 17.6 Å². The average molecular weight is 433 g/mol. The van der Waals surface area contributed by atoms with Gasteiger partial charge in [0.1, 0.15) is 0 Å². The molecule has 180 valence electrons. The summed E-state index contributed by atoms with van der Waals surface area (Å²) in [5.74, 6) is 6.01. The zero-order valence-electron chi connectivity index (χ0n) is 21.4. The fourth-order valence-electron chi connectivity index (χ4n) is 9.94. The Labute approximate surface area is 193 Å². The molecule has 0 aromatic rings. The smallest absolute Gasteiger partial charge is 0.0577 e. The van der Waals surface area contributed by atoms with Crippen LogP contribution in [0.3, 0.4) is 0 Å². The molecule has 0 heterocycles. The third-order valence-corrected chi connectivity index (χ3v) is 11.9. The van der Waals surface area contributed by atoms with Crippen molar-refractivity contribution in [2.45, 2.75) is 124 Å². The number of rotatable bonds is 6. The zero-order valence-corrected chi connectivity index (χ0v) is 21.4. The van der Waals surface area contributed by atoms with Gasteiger partial charge in [-0.1, -0.05) is 54.4 Å². The minimum Gasteiger partial charge on any atom is -0.393 e. The van der Waals surface area contributed by atoms with Crippen molar-refractivity contribution in [2.75, 3.05) is 0 Å². The summed E-state index contributed by atoms with van der Waals surface area (Å²) < 4.78 is 0. The predicted molar refractivity (Wildman–Crippen MR) is 130 cm³/mol. The standard InChI is InChI=1S/C29H52O2/c1-7-20(18(2)3)9-8-19(4)23-10-11-24-22-17-27(31)26-16-21(30)12-14-29(26,6)25(22)13-15-28(23,24)5/h18-27,30-31H,7-17H2,1-6H3/t19-,20+,21+,22?,23-,24?,25?,26-,27+,28-,29-/m1/s1. The van der Waals surface area contributed by atoms with Crippen LogP contribution in [0.4, 0.5) is 0 Å². The first-order valence-electron chi connectivity index (χ1n) is 14.0. The summed E-state index contributed by atoms with van der Waals surface area (Å²) in [6.07, 6.45) is 13.2. The quantitative estimate of drug-likeness (QED) is 0.471. The number of hydrogen-bond acceptors (Lipinski definition) is 2. The molecule has 31 heavy (non-hydrogen) atoms. The first-order valence-corrected chi connectivity index (χ1v) is 14.0. The molecule has 0 spiro atoms. The predicted octanol–water partition coefficient (Wildman–Crippen LogP) is 7.08. The van der Waals surface area contributed by atoms with Crippen LogP contribution in [-0.2, 0) is 0 Å². The summed E-state index contributed by atoms with van der Waals surface area (Å²) in [7, 11) is 0. The van der Waals surface area contributed by atoms with Gasteiger partial charge in [0.25, 0.3) is 0 Å². The molecular formula is C29H52O2. The van der Waals surface area contributed by atoms with E-state index >= 15 is 0 Å². The van der Waals surface area contributed by atoms with Crippen molar-refractivity contribution in [1.82, 2.24) is 0 Å². The highest BCUT2D eigenvalue weighted by atomic mass is 16.3. The number of fused-ring (bicyclic) bond motifs is 5. The average Bonchev–Trinajstić information content (AvgIpc) is 3.07. The van der Waals surface area contributed by atoms with Crippen molar-refractivity contribution >= 4 is 0 Å². The van der Waals surface area contributed by atoms with Gasteiger partial charge in [0.05, 0.1) is 12.2 Å². The largest absolute Gasteiger partial charge is 0.393 e. The number of hydrogen-bond donors (Lipinski definition) is 2. The second kappa shape index (κ2) is 8.94. The molecule has 0 aromatic carbocycles. The Morgan fingerprint density at radius 1 is 0.806 bits per heavy atom. The van der Waals surface area contributed by atoms with Crippen LogP contribution in [0.15, 0.2) is 0 Å². The van der Waals surface area contributed by atoms with Gasteiger partial charge in [-0.15, -0.1) is 0 Å². The molecular weight excluding hydrogens is 380 g/mol. The van der Waals surface area contributed by atoms with E-state index in [0.29, 0.717) is 17.3 Å². The summed E-state index contributed by atoms with van der Waals surface area (Å²) >= 11 is 0. The monoisotopic (exact) mass is 432 g/mol. The normalized spacial score (nSPS) is 49.3. The maximum absolute atomic E-state index is 11.2. The molecule has 0 amide bonds. The molecule has 0 aliphatic heterocycles. The van der Waals surface area contributed by atoms with Gasteiger partial charge in [-0.3, -0.25) is 0 Å². The van der Waals surface area contributed by atoms with Gasteiger partial charge in [0.2, 0.25) is 0 Å². The molecule has 4 aliphatic rings. The molecule has 3 unspecified atom stereocenters. The Kier molecular flexibility index (Phi) is 6.93. The zero-order chi connectivity index (χ0) is 22.6. The molecule has 0 aromatic heterocycles. The minimum atomic E-state index is -0.198. The van der Waals surface area contributed by atoms with Gasteiger partial charge in [-0.25, -0.2) is 0 Å². The topological polar surface area (TPSA) is 40.5 Å². The van der Waals surface area contributed by atoms with E-state index in [1.54, 1.807) is 0 Å². The van der Waals surface area contributed by atoms with Crippen LogP contribution < -0.4 is 0 Å². The van der Waals surface area contributed by atoms with Crippen molar-refractivity contribution in [1.29, 1.82) is 0 Å². The second-order valence-corrected chi connectivity index (χ2v) is 13.4. The molecule has 4 aliphatic carbocycles. The van der Waals surface area contributed by atoms with Crippen molar-refractivity contribution in [3.8, 4) is 0 Å². The van der Waals surface area contributed by atoms with Gasteiger partial charge in [-0.2, -0.15) is 0 Å². The molecule has 11 atom stereocenters. The van der Waals surface area contributed by atoms with Crippen molar-refractivity contribution < 1.29 is 10.2 Å². The van der Waals surface area contributed by atoms with Crippen LogP contribution in [0.2, 0.25) is 0 Å². The molecule has 2 N–H and O–H groups in total. The minimum absolute atomic E-state index is 0.187. The number of aliphatic hydroxyl groups is 2. The highest BCUT2D eigenvalue weighted by Gasteiger charge is 2.62. The van der Waals surface area contributed by atoms with Crippen LogP contribution >= 0.6 is 0 Å². The lowest BCUT2D eigenvalue weighted by molar-refractivity contribution is -0.172. The SMILES string of the molecule is CC[C@@H](CC[C@@H](C)[C@H]1CCC2C3C[C@H](O)[C@H]4C[C@@H](O)CC[C@]4(C)C3CC[C@@]21C)C(C)C. The molecule has 2 heteroatoms. The third kappa shape index (κ3) is 4.05. The van der Waals surface area contributed by atoms with E-state index in [4.69, 9.17) is 0 Å². The molecule has 2 nitrogen and oxygen atoms in total. The van der Waals surface area contributed by atoms with Crippen molar-refractivity contribution in [3.63, 3.8) is 0 Å². The molecule has 4 rings (SSSR count). The summed E-state index contributed by atoms with van der Waals surface area (Å²) in [6, 6.07) is 0. The van der Waals surface area contributed by atoms with E-state index in [1.165, 1.54) is 44.9 Å². The Balaban J connectivity index is 1.48. The van der Waals surface area contributed by atoms with E-state index in [9.17, 15) is 10.2 Å². The highest BCUT2D eigenvalue weighted by molar-refractivity contribution is 5.11. The van der Waals surface area contributed by atoms with E-state index < -0.39 is 0 Å². The van der Waals surface area contributed by atoms with Crippen LogP contribution in [0, 0.1) is 58.2 Å². The molecule has 0 bridgehead atoms. The Morgan fingerprint density at radius 2 is 1.48 bits per heavy atom. The summed E-state index contributed by atoms with van der Waals surface area (Å²) in [5, 5.41) is 21.5. The van der Waals surface area contributed by atoms with E-state index in [2.05, 4.69) is 41.5 Å². The van der Waals surface area contributed by atoms with Gasteiger partial charge in [-0.05, 0) is 116 Å². The molecule has 0 saturated heterocycles. The Morgan fingerprint density at radius 3 is 2.16 bits per heavy atom. The van der Waals surface area contributed by atoms with E-state index in [0.717, 1.165) is 61.2 Å². The molecule has 4 saturated carbocycles. The maximum Gasteiger partial charge on any atom is 0.0577 e. The Hall–Kier alpha value is -0.0800. The van der Waals surface area contributed by atoms with Crippen molar-refractivity contribution in [3.05, 3.63) is 0 Å². The van der Waals surface area contributed by atoms with Crippen molar-refractivity contribution in [2.24, 2.45) is 58.2 Å². The summed E-state index contributed by atoms with van der Waals surface area (Å²) in [4.78, 5) is 0. The maximum atomic E-state index is 11.2. The van der Waals surface area contributed by atoms with Gasteiger partial charge < -0.3 is 10.2 Å². The van der Waals surface area contributed by atoms with Gasteiger partial charge in [0.15, 0.2) is 0 Å². The second-order valence-electron chi connectivity index (χ2n) is 13.4. The summed E-state index contributed by atoms with van der Waals surface area (Å²) in [5.41, 5.74) is 0.732. The van der Waals surface area contributed by atoms with Crippen LogP contribution in [0.5, 0.6) is 0 Å². The fraction of sp³-hybridized carbons (Fsp3) is 1.00. The first-order chi connectivity index (χ1) is 14.6. The first kappa shape index (κ1) is 24.1. The van der Waals surface area contributed by atoms with E-state index in [1.807, 2.05) is 0 Å².